The molecular weight excluding hydrogens is 377 g/mol. The number of halogens is 1. The predicted octanol–water partition coefficient (Wildman–Crippen LogP) is 3.87. The molecule has 0 radical (unpaired) electrons. The van der Waals surface area contributed by atoms with Crippen molar-refractivity contribution < 1.29 is 9.18 Å². The van der Waals surface area contributed by atoms with Gasteiger partial charge in [-0.25, -0.2) is 4.39 Å². The largest absolute Gasteiger partial charge is 0.369 e. The molecular formula is C25H30FN3O. The van der Waals surface area contributed by atoms with E-state index >= 15 is 0 Å². The summed E-state index contributed by atoms with van der Waals surface area (Å²) in [6.07, 6.45) is 5.85. The maximum atomic E-state index is 13.4. The molecule has 1 saturated heterocycles. The first-order chi connectivity index (χ1) is 14.7. The molecule has 2 aliphatic rings. The minimum atomic E-state index is -0.176. The monoisotopic (exact) mass is 407 g/mol. The molecule has 1 N–H and O–H groups in total. The molecule has 1 fully saturated rings. The first-order valence-electron chi connectivity index (χ1n) is 11.0. The molecule has 1 amide bonds. The average molecular weight is 408 g/mol. The number of rotatable bonds is 7. The summed E-state index contributed by atoms with van der Waals surface area (Å²) in [6, 6.07) is 15.1. The number of nitrogens with one attached hydrogen (secondary N) is 1. The fourth-order valence-electron chi connectivity index (χ4n) is 4.29. The van der Waals surface area contributed by atoms with Gasteiger partial charge in [-0.3, -0.25) is 9.69 Å². The minimum Gasteiger partial charge on any atom is -0.369 e. The number of fused-ring (bicyclic) bond motifs is 1. The molecule has 2 aromatic carbocycles. The van der Waals surface area contributed by atoms with Crippen LogP contribution in [0.25, 0.3) is 6.08 Å². The average Bonchev–Trinajstić information content (AvgIpc) is 2.79. The van der Waals surface area contributed by atoms with E-state index in [2.05, 4.69) is 33.3 Å². The first kappa shape index (κ1) is 20.6. The number of nitrogens with zero attached hydrogens (tertiary/aromatic N) is 2. The van der Waals surface area contributed by atoms with Crippen molar-refractivity contribution in [1.29, 1.82) is 0 Å². The maximum absolute atomic E-state index is 13.4. The quantitative estimate of drug-likeness (QED) is 0.708. The van der Waals surface area contributed by atoms with Crippen molar-refractivity contribution in [3.8, 4) is 0 Å². The standard InChI is InChI=1S/C25H30FN3O/c26-23-8-5-9-24(19-23)29-16-14-28(15-17-29)13-4-3-12-27-25(30)22-11-10-20-6-1-2-7-21(20)18-22/h1-2,5-9,18-19H,3-4,10-17H2,(H,27,30). The van der Waals surface area contributed by atoms with Crippen molar-refractivity contribution >= 4 is 17.7 Å². The Morgan fingerprint density at radius 3 is 2.63 bits per heavy atom. The Bertz CT molecular complexity index is 903. The zero-order valence-corrected chi connectivity index (χ0v) is 17.4. The zero-order valence-electron chi connectivity index (χ0n) is 17.4. The minimum absolute atomic E-state index is 0.0770. The van der Waals surface area contributed by atoms with Crippen LogP contribution in [-0.2, 0) is 11.2 Å². The van der Waals surface area contributed by atoms with Crippen LogP contribution in [0.2, 0.25) is 0 Å². The first-order valence-corrected chi connectivity index (χ1v) is 11.0. The molecule has 0 unspecified atom stereocenters. The summed E-state index contributed by atoms with van der Waals surface area (Å²) >= 11 is 0. The summed E-state index contributed by atoms with van der Waals surface area (Å²) in [5.41, 5.74) is 4.36. The van der Waals surface area contributed by atoms with E-state index in [1.165, 1.54) is 17.2 Å². The second kappa shape index (κ2) is 9.90. The van der Waals surface area contributed by atoms with E-state index in [9.17, 15) is 9.18 Å². The normalized spacial score (nSPS) is 16.7. The molecule has 30 heavy (non-hydrogen) atoms. The highest BCUT2D eigenvalue weighted by molar-refractivity contribution is 5.98. The summed E-state index contributed by atoms with van der Waals surface area (Å²) < 4.78 is 13.4. The molecule has 1 heterocycles. The van der Waals surface area contributed by atoms with Crippen molar-refractivity contribution in [3.63, 3.8) is 0 Å². The highest BCUT2D eigenvalue weighted by Crippen LogP contribution is 2.23. The second-order valence-corrected chi connectivity index (χ2v) is 8.14. The van der Waals surface area contributed by atoms with E-state index in [1.54, 1.807) is 12.1 Å². The van der Waals surface area contributed by atoms with Crippen LogP contribution in [0.5, 0.6) is 0 Å². The lowest BCUT2D eigenvalue weighted by Gasteiger charge is -2.36. The number of hydrogen-bond acceptors (Lipinski definition) is 3. The van der Waals surface area contributed by atoms with Crippen LogP contribution in [-0.4, -0.2) is 50.1 Å². The number of unbranched alkanes of at least 4 members (excludes halogenated alkanes) is 1. The lowest BCUT2D eigenvalue weighted by atomic mass is 9.92. The molecule has 0 aromatic heterocycles. The highest BCUT2D eigenvalue weighted by Gasteiger charge is 2.18. The topological polar surface area (TPSA) is 35.6 Å². The smallest absolute Gasteiger partial charge is 0.247 e. The zero-order chi connectivity index (χ0) is 20.8. The van der Waals surface area contributed by atoms with E-state index in [0.29, 0.717) is 0 Å². The van der Waals surface area contributed by atoms with Crippen LogP contribution in [0, 0.1) is 5.82 Å². The molecule has 4 nitrogen and oxygen atoms in total. The number of carbonyl (C=O) groups is 1. The van der Waals surface area contributed by atoms with Gasteiger partial charge >= 0.3 is 0 Å². The van der Waals surface area contributed by atoms with Gasteiger partial charge in [-0.1, -0.05) is 30.3 Å². The molecule has 4 rings (SSSR count). The van der Waals surface area contributed by atoms with Gasteiger partial charge in [0.15, 0.2) is 0 Å². The number of amides is 1. The van der Waals surface area contributed by atoms with E-state index < -0.39 is 0 Å². The third-order valence-corrected chi connectivity index (χ3v) is 6.07. The van der Waals surface area contributed by atoms with Crippen LogP contribution in [0.4, 0.5) is 10.1 Å². The van der Waals surface area contributed by atoms with Crippen LogP contribution in [0.3, 0.4) is 0 Å². The maximum Gasteiger partial charge on any atom is 0.247 e. The van der Waals surface area contributed by atoms with E-state index in [4.69, 9.17) is 0 Å². The molecule has 1 aliphatic heterocycles. The Hall–Kier alpha value is -2.66. The van der Waals surface area contributed by atoms with Gasteiger partial charge in [0, 0.05) is 44.0 Å². The van der Waals surface area contributed by atoms with Gasteiger partial charge in [0.25, 0.3) is 0 Å². The van der Waals surface area contributed by atoms with Gasteiger partial charge in [0.05, 0.1) is 0 Å². The Balaban J connectivity index is 1.13. The molecule has 0 saturated carbocycles. The second-order valence-electron chi connectivity index (χ2n) is 8.14. The van der Waals surface area contributed by atoms with Gasteiger partial charge < -0.3 is 10.2 Å². The summed E-state index contributed by atoms with van der Waals surface area (Å²) in [5.74, 6) is -0.0987. The van der Waals surface area contributed by atoms with Crippen molar-refractivity contribution in [2.75, 3.05) is 44.2 Å². The van der Waals surface area contributed by atoms with Gasteiger partial charge in [0.1, 0.15) is 5.82 Å². The van der Waals surface area contributed by atoms with E-state index in [-0.39, 0.29) is 11.7 Å². The Kier molecular flexibility index (Phi) is 6.80. The van der Waals surface area contributed by atoms with E-state index in [0.717, 1.165) is 76.2 Å². The third-order valence-electron chi connectivity index (χ3n) is 6.07. The van der Waals surface area contributed by atoms with Crippen molar-refractivity contribution in [3.05, 3.63) is 71.0 Å². The van der Waals surface area contributed by atoms with E-state index in [1.807, 2.05) is 18.2 Å². The Morgan fingerprint density at radius 1 is 0.967 bits per heavy atom. The van der Waals surface area contributed by atoms with Crippen LogP contribution >= 0.6 is 0 Å². The van der Waals surface area contributed by atoms with Gasteiger partial charge in [-0.15, -0.1) is 0 Å². The van der Waals surface area contributed by atoms with Crippen LogP contribution < -0.4 is 10.2 Å². The van der Waals surface area contributed by atoms with Crippen molar-refractivity contribution in [2.24, 2.45) is 0 Å². The van der Waals surface area contributed by atoms with Gasteiger partial charge in [0.2, 0.25) is 5.91 Å². The molecule has 1 aliphatic carbocycles. The van der Waals surface area contributed by atoms with Crippen molar-refractivity contribution in [1.82, 2.24) is 10.2 Å². The lowest BCUT2D eigenvalue weighted by Crippen LogP contribution is -2.46. The predicted molar refractivity (Wildman–Crippen MR) is 120 cm³/mol. The fraction of sp³-hybridized carbons (Fsp3) is 0.400. The summed E-state index contributed by atoms with van der Waals surface area (Å²) in [7, 11) is 0. The number of piperazine rings is 1. The summed E-state index contributed by atoms with van der Waals surface area (Å²) in [5, 5.41) is 3.09. The molecule has 5 heteroatoms. The third kappa shape index (κ3) is 5.28. The summed E-state index contributed by atoms with van der Waals surface area (Å²) in [4.78, 5) is 17.1. The van der Waals surface area contributed by atoms with Gasteiger partial charge in [-0.05, 0) is 67.6 Å². The SMILES string of the molecule is O=C(NCCCCN1CCN(c2cccc(F)c2)CC1)C1=Cc2ccccc2CC1. The number of anilines is 1. The lowest BCUT2D eigenvalue weighted by molar-refractivity contribution is -0.117. The van der Waals surface area contributed by atoms with Crippen LogP contribution in [0.1, 0.15) is 30.4 Å². The highest BCUT2D eigenvalue weighted by atomic mass is 19.1. The fourth-order valence-corrected chi connectivity index (χ4v) is 4.29. The van der Waals surface area contributed by atoms with Crippen LogP contribution in [0.15, 0.2) is 54.1 Å². The molecule has 0 bridgehead atoms. The Labute approximate surface area is 178 Å². The Morgan fingerprint density at radius 2 is 1.80 bits per heavy atom. The number of carbonyl (C=O) groups excluding carboxylic acids is 1. The van der Waals surface area contributed by atoms with Crippen molar-refractivity contribution in [2.45, 2.75) is 25.7 Å². The molecule has 158 valence electrons. The molecule has 2 aromatic rings. The number of aryl methyl sites for hydroxylation is 1. The number of hydrogen-bond donors (Lipinski definition) is 1. The molecule has 0 spiro atoms. The van der Waals surface area contributed by atoms with Gasteiger partial charge in [-0.2, -0.15) is 0 Å². The summed E-state index contributed by atoms with van der Waals surface area (Å²) in [6.45, 7) is 5.61. The number of benzene rings is 2. The molecule has 0 atom stereocenters.